The Hall–Kier alpha value is -1.12. The molecule has 0 aromatic heterocycles. The van der Waals surface area contributed by atoms with Gasteiger partial charge < -0.3 is 4.74 Å². The molecule has 1 atom stereocenters. The number of ether oxygens (including phenoxy) is 1. The fourth-order valence-corrected chi connectivity index (χ4v) is 2.41. The molecular formula is C16H27NO2. The van der Waals surface area contributed by atoms with Gasteiger partial charge in [-0.3, -0.25) is 4.99 Å². The van der Waals surface area contributed by atoms with E-state index in [2.05, 4.69) is 25.8 Å². The molecular weight excluding hydrogens is 238 g/mol. The number of hydrogen-bond donors (Lipinski definition) is 0. The summed E-state index contributed by atoms with van der Waals surface area (Å²) in [5, 5.41) is 0. The maximum atomic E-state index is 12.3. The molecule has 0 fully saturated rings. The normalized spacial score (nSPS) is 21.3. The molecule has 0 aromatic rings. The number of aliphatic imine (C=N–C) groups is 1. The number of rotatable bonds is 1. The first-order valence-corrected chi connectivity index (χ1v) is 6.90. The predicted octanol–water partition coefficient (Wildman–Crippen LogP) is 4.13. The first kappa shape index (κ1) is 15.9. The SMILES string of the molecule is CC1=NC(C)=C(C(=O)OC(C)(C)C)CC1C(C)(C)C. The molecule has 0 aromatic carbocycles. The van der Waals surface area contributed by atoms with Crippen LogP contribution < -0.4 is 0 Å². The van der Waals surface area contributed by atoms with E-state index >= 15 is 0 Å². The molecule has 3 nitrogen and oxygen atoms in total. The Labute approximate surface area is 117 Å². The lowest BCUT2D eigenvalue weighted by Crippen LogP contribution is -2.33. The minimum atomic E-state index is -0.461. The first-order chi connectivity index (χ1) is 8.42. The highest BCUT2D eigenvalue weighted by atomic mass is 16.6. The summed E-state index contributed by atoms with van der Waals surface area (Å²) in [7, 11) is 0. The molecule has 0 saturated carbocycles. The first-order valence-electron chi connectivity index (χ1n) is 6.90. The van der Waals surface area contributed by atoms with Crippen LogP contribution in [0.2, 0.25) is 0 Å². The highest BCUT2D eigenvalue weighted by Gasteiger charge is 2.34. The van der Waals surface area contributed by atoms with E-state index in [-0.39, 0.29) is 11.4 Å². The van der Waals surface area contributed by atoms with Crippen molar-refractivity contribution in [3.63, 3.8) is 0 Å². The topological polar surface area (TPSA) is 38.7 Å². The summed E-state index contributed by atoms with van der Waals surface area (Å²) in [6, 6.07) is 0. The van der Waals surface area contributed by atoms with Crippen LogP contribution in [0.25, 0.3) is 0 Å². The Kier molecular flexibility index (Phi) is 4.28. The van der Waals surface area contributed by atoms with E-state index in [4.69, 9.17) is 4.74 Å². The minimum Gasteiger partial charge on any atom is -0.457 e. The standard InChI is InChI=1S/C16H27NO2/c1-10-12(14(18)19-16(6,7)8)9-13(11(2)17-10)15(3,4)5/h13H,9H2,1-8H3. The van der Waals surface area contributed by atoms with E-state index in [1.165, 1.54) is 0 Å². The number of esters is 1. The summed E-state index contributed by atoms with van der Waals surface area (Å²) in [6.45, 7) is 16.2. The molecule has 1 aliphatic heterocycles. The molecule has 1 aliphatic rings. The molecule has 0 bridgehead atoms. The number of nitrogens with zero attached hydrogens (tertiary/aromatic N) is 1. The maximum Gasteiger partial charge on any atom is 0.336 e. The Morgan fingerprint density at radius 3 is 2.11 bits per heavy atom. The third kappa shape index (κ3) is 4.19. The second kappa shape index (κ2) is 5.10. The molecule has 0 radical (unpaired) electrons. The molecule has 1 rings (SSSR count). The largest absolute Gasteiger partial charge is 0.457 e. The van der Waals surface area contributed by atoms with Gasteiger partial charge in [-0.2, -0.15) is 0 Å². The fraction of sp³-hybridized carbons (Fsp3) is 0.750. The van der Waals surface area contributed by atoms with Gasteiger partial charge in [-0.1, -0.05) is 20.8 Å². The highest BCUT2D eigenvalue weighted by Crippen LogP contribution is 2.37. The molecule has 0 N–H and O–H groups in total. The predicted molar refractivity (Wildman–Crippen MR) is 79.2 cm³/mol. The van der Waals surface area contributed by atoms with Crippen LogP contribution in [0, 0.1) is 11.3 Å². The maximum absolute atomic E-state index is 12.3. The molecule has 1 unspecified atom stereocenters. The van der Waals surface area contributed by atoms with Gasteiger partial charge in [-0.25, -0.2) is 4.79 Å². The summed E-state index contributed by atoms with van der Waals surface area (Å²) >= 11 is 0. The Morgan fingerprint density at radius 1 is 1.16 bits per heavy atom. The average Bonchev–Trinajstić information content (AvgIpc) is 2.11. The van der Waals surface area contributed by atoms with Gasteiger partial charge in [0, 0.05) is 17.3 Å². The minimum absolute atomic E-state index is 0.0988. The van der Waals surface area contributed by atoms with Gasteiger partial charge in [0.05, 0.1) is 5.57 Å². The molecule has 0 spiro atoms. The zero-order valence-electron chi connectivity index (χ0n) is 13.5. The van der Waals surface area contributed by atoms with Crippen molar-refractivity contribution in [3.8, 4) is 0 Å². The zero-order chi connectivity index (χ0) is 15.0. The molecule has 19 heavy (non-hydrogen) atoms. The number of carbonyl (C=O) groups excluding carboxylic acids is 1. The zero-order valence-corrected chi connectivity index (χ0v) is 13.5. The quantitative estimate of drug-likeness (QED) is 0.669. The monoisotopic (exact) mass is 265 g/mol. The van der Waals surface area contributed by atoms with E-state index in [0.29, 0.717) is 5.92 Å². The van der Waals surface area contributed by atoms with Crippen LogP contribution in [-0.4, -0.2) is 17.3 Å². The second-order valence-electron chi connectivity index (χ2n) is 7.44. The van der Waals surface area contributed by atoms with Crippen molar-refractivity contribution in [1.29, 1.82) is 0 Å². The third-order valence-electron chi connectivity index (χ3n) is 3.38. The van der Waals surface area contributed by atoms with Crippen molar-refractivity contribution in [2.24, 2.45) is 16.3 Å². The highest BCUT2D eigenvalue weighted by molar-refractivity contribution is 5.95. The van der Waals surface area contributed by atoms with Gasteiger partial charge in [0.25, 0.3) is 0 Å². The van der Waals surface area contributed by atoms with E-state index in [1.54, 1.807) is 0 Å². The van der Waals surface area contributed by atoms with E-state index in [9.17, 15) is 4.79 Å². The lowest BCUT2D eigenvalue weighted by Gasteiger charge is -2.34. The summed E-state index contributed by atoms with van der Waals surface area (Å²) in [5.74, 6) is 0.0641. The van der Waals surface area contributed by atoms with Crippen molar-refractivity contribution in [3.05, 3.63) is 11.3 Å². The van der Waals surface area contributed by atoms with Gasteiger partial charge >= 0.3 is 5.97 Å². The summed E-state index contributed by atoms with van der Waals surface area (Å²) in [4.78, 5) is 16.8. The van der Waals surface area contributed by atoms with Crippen LogP contribution in [0.5, 0.6) is 0 Å². The lowest BCUT2D eigenvalue weighted by molar-refractivity contribution is -0.150. The van der Waals surface area contributed by atoms with Crippen molar-refractivity contribution in [2.75, 3.05) is 0 Å². The Morgan fingerprint density at radius 2 is 1.68 bits per heavy atom. The van der Waals surface area contributed by atoms with Crippen molar-refractivity contribution < 1.29 is 9.53 Å². The van der Waals surface area contributed by atoms with Gasteiger partial charge in [0.1, 0.15) is 5.60 Å². The van der Waals surface area contributed by atoms with Crippen LogP contribution in [0.4, 0.5) is 0 Å². The number of hydrogen-bond acceptors (Lipinski definition) is 3. The van der Waals surface area contributed by atoms with Crippen LogP contribution in [0.1, 0.15) is 61.8 Å². The lowest BCUT2D eigenvalue weighted by atomic mass is 9.73. The van der Waals surface area contributed by atoms with Crippen molar-refractivity contribution >= 4 is 11.7 Å². The molecule has 108 valence electrons. The third-order valence-corrected chi connectivity index (χ3v) is 3.38. The van der Waals surface area contributed by atoms with Crippen molar-refractivity contribution in [1.82, 2.24) is 0 Å². The van der Waals surface area contributed by atoms with Crippen LogP contribution >= 0.6 is 0 Å². The van der Waals surface area contributed by atoms with Gasteiger partial charge in [0.15, 0.2) is 0 Å². The fourth-order valence-electron chi connectivity index (χ4n) is 2.41. The Balaban J connectivity index is 3.02. The van der Waals surface area contributed by atoms with E-state index in [0.717, 1.165) is 23.4 Å². The summed E-state index contributed by atoms with van der Waals surface area (Å²) in [6.07, 6.45) is 0.722. The average molecular weight is 265 g/mol. The summed E-state index contributed by atoms with van der Waals surface area (Å²) < 4.78 is 5.48. The smallest absolute Gasteiger partial charge is 0.336 e. The molecule has 1 heterocycles. The van der Waals surface area contributed by atoms with E-state index < -0.39 is 5.60 Å². The number of allylic oxidation sites excluding steroid dienone is 1. The van der Waals surface area contributed by atoms with Crippen LogP contribution in [0.15, 0.2) is 16.3 Å². The van der Waals surface area contributed by atoms with Crippen molar-refractivity contribution in [2.45, 2.75) is 67.4 Å². The van der Waals surface area contributed by atoms with Gasteiger partial charge in [-0.15, -0.1) is 0 Å². The summed E-state index contributed by atoms with van der Waals surface area (Å²) in [5.41, 5.74) is 2.27. The number of carbonyl (C=O) groups is 1. The molecule has 0 saturated heterocycles. The van der Waals surface area contributed by atoms with E-state index in [1.807, 2.05) is 34.6 Å². The molecule has 0 aliphatic carbocycles. The Bertz CT molecular complexity index is 431. The molecule has 3 heteroatoms. The van der Waals surface area contributed by atoms with Gasteiger partial charge in [0.2, 0.25) is 0 Å². The molecule has 0 amide bonds. The van der Waals surface area contributed by atoms with Crippen LogP contribution in [-0.2, 0) is 9.53 Å². The second-order valence-corrected chi connectivity index (χ2v) is 7.44. The van der Waals surface area contributed by atoms with Gasteiger partial charge in [-0.05, 0) is 46.5 Å². The van der Waals surface area contributed by atoms with Crippen LogP contribution in [0.3, 0.4) is 0 Å².